The maximum Gasteiger partial charge on any atom is 0.309 e. The lowest BCUT2D eigenvalue weighted by molar-refractivity contribution is -0.166. The van der Waals surface area contributed by atoms with Crippen LogP contribution in [0.5, 0.6) is 0 Å². The van der Waals surface area contributed by atoms with Gasteiger partial charge in [0.15, 0.2) is 6.10 Å². The number of carbonyl (C=O) groups excluding carboxylic acids is 3. The van der Waals surface area contributed by atoms with E-state index >= 15 is 0 Å². The Morgan fingerprint density at radius 3 is 0.844 bits per heavy atom. The van der Waals surface area contributed by atoms with E-state index in [4.69, 9.17) is 14.2 Å². The second-order valence-corrected chi connectivity index (χ2v) is 19.5. The van der Waals surface area contributed by atoms with Crippen molar-refractivity contribution in [1.29, 1.82) is 0 Å². The number of unbranched alkanes of at least 4 members (excludes halogenated alkanes) is 15. The van der Waals surface area contributed by atoms with Crippen molar-refractivity contribution in [3.8, 4) is 0 Å². The van der Waals surface area contributed by atoms with Gasteiger partial charge in [0.2, 0.25) is 0 Å². The van der Waals surface area contributed by atoms with Crippen LogP contribution in [-0.4, -0.2) is 37.2 Å². The molecule has 0 spiro atoms. The van der Waals surface area contributed by atoms with Gasteiger partial charge in [0.05, 0.1) is 6.42 Å². The third-order valence-corrected chi connectivity index (χ3v) is 12.2. The van der Waals surface area contributed by atoms with Gasteiger partial charge in [-0.25, -0.2) is 0 Å². The summed E-state index contributed by atoms with van der Waals surface area (Å²) in [6.45, 7) is 6.18. The third-order valence-electron chi connectivity index (χ3n) is 12.2. The van der Waals surface area contributed by atoms with E-state index in [2.05, 4.69) is 179 Å². The summed E-state index contributed by atoms with van der Waals surface area (Å²) >= 11 is 0. The molecule has 1 unspecified atom stereocenters. The zero-order valence-corrected chi connectivity index (χ0v) is 49.1. The van der Waals surface area contributed by atoms with E-state index in [9.17, 15) is 14.4 Å². The van der Waals surface area contributed by atoms with E-state index in [1.807, 2.05) is 6.08 Å². The van der Waals surface area contributed by atoms with Crippen LogP contribution < -0.4 is 0 Å². The van der Waals surface area contributed by atoms with E-state index in [0.717, 1.165) is 148 Å². The van der Waals surface area contributed by atoms with Gasteiger partial charge in [-0.15, -0.1) is 0 Å². The lowest BCUT2D eigenvalue weighted by atomic mass is 10.1. The molecule has 77 heavy (non-hydrogen) atoms. The second-order valence-electron chi connectivity index (χ2n) is 19.5. The molecule has 0 saturated carbocycles. The Bertz CT molecular complexity index is 1790. The number of hydrogen-bond acceptors (Lipinski definition) is 6. The summed E-state index contributed by atoms with van der Waals surface area (Å²) in [5.74, 6) is -1.09. The van der Waals surface area contributed by atoms with Gasteiger partial charge in [0.25, 0.3) is 0 Å². The zero-order valence-electron chi connectivity index (χ0n) is 49.1. The molecule has 0 aliphatic carbocycles. The van der Waals surface area contributed by atoms with Gasteiger partial charge in [-0.1, -0.05) is 262 Å². The van der Waals surface area contributed by atoms with Crippen LogP contribution in [0.3, 0.4) is 0 Å². The average Bonchev–Trinajstić information content (AvgIpc) is 3.43. The van der Waals surface area contributed by atoms with Gasteiger partial charge in [0.1, 0.15) is 13.2 Å². The molecule has 6 heteroatoms. The van der Waals surface area contributed by atoms with Crippen molar-refractivity contribution in [2.75, 3.05) is 13.2 Å². The van der Waals surface area contributed by atoms with Gasteiger partial charge in [-0.3, -0.25) is 14.4 Å². The molecule has 0 fully saturated rings. The van der Waals surface area contributed by atoms with Crippen LogP contribution in [0.1, 0.15) is 239 Å². The minimum absolute atomic E-state index is 0.114. The molecule has 0 saturated heterocycles. The SMILES string of the molecule is CC/C=C\C/C=C\C/C=C\C/C=C\C/C=C\CCCCCCCCCCCC(=O)OCC(COC(=O)C/C=C\C/C=C\C/C=C\C/C=C\C/C=C\CC)OC(=O)CCCCCCCC/C=C\C/C=C\C/C=C\C/C=C\CC. The molecule has 0 aromatic rings. The Hall–Kier alpha value is -5.23. The van der Waals surface area contributed by atoms with Crippen LogP contribution in [0, 0.1) is 0 Å². The first-order valence-corrected chi connectivity index (χ1v) is 30.6. The highest BCUT2D eigenvalue weighted by Gasteiger charge is 2.19. The fraction of sp³-hybridized carbons (Fsp3) is 0.563. The van der Waals surface area contributed by atoms with Crippen molar-refractivity contribution in [2.24, 2.45) is 0 Å². The van der Waals surface area contributed by atoms with E-state index in [1.54, 1.807) is 6.08 Å². The minimum atomic E-state index is -0.839. The predicted molar refractivity (Wildman–Crippen MR) is 334 cm³/mol. The number of rotatable bonds is 53. The van der Waals surface area contributed by atoms with E-state index < -0.39 is 12.1 Å². The van der Waals surface area contributed by atoms with Gasteiger partial charge in [0, 0.05) is 12.8 Å². The Labute approximate surface area is 472 Å². The Morgan fingerprint density at radius 2 is 0.519 bits per heavy atom. The first kappa shape index (κ1) is 71.8. The molecular formula is C71H110O6. The molecular weight excluding hydrogens is 949 g/mol. The molecule has 0 radical (unpaired) electrons. The standard InChI is InChI=1S/C71H110O6/c1-4-7-10-13-16-19-22-25-28-30-32-33-34-35-36-37-39-40-43-46-49-52-55-58-61-64-70(73)76-67-68(66-75-69(72)63-60-57-54-51-48-45-42-27-24-21-18-15-12-9-6-3)77-71(74)65-62-59-56-53-50-47-44-41-38-31-29-26-23-20-17-14-11-8-5-2/h7-12,16-21,25-29,32-33,35-36,38,41-42,48,51,57,60,68H,4-6,13-15,22-24,30-31,34,37,39-40,43-47,49-50,52-56,58-59,61-67H2,1-3H3/b10-7-,11-8-,12-9-,19-16-,20-17-,21-18-,28-25-,29-26-,33-32-,36-35-,41-38-,42-27-,51-48-,60-57-. The molecule has 0 aliphatic rings. The minimum Gasteiger partial charge on any atom is -0.462 e. The van der Waals surface area contributed by atoms with Crippen molar-refractivity contribution in [3.63, 3.8) is 0 Å². The molecule has 0 bridgehead atoms. The monoisotopic (exact) mass is 1060 g/mol. The molecule has 0 aromatic carbocycles. The van der Waals surface area contributed by atoms with E-state index in [-0.39, 0.29) is 38.0 Å². The van der Waals surface area contributed by atoms with E-state index in [0.29, 0.717) is 6.42 Å². The number of allylic oxidation sites excluding steroid dienone is 27. The van der Waals surface area contributed by atoms with Crippen LogP contribution in [0.25, 0.3) is 0 Å². The molecule has 0 N–H and O–H groups in total. The summed E-state index contributed by atoms with van der Waals surface area (Å²) in [4.78, 5) is 38.2. The summed E-state index contributed by atoms with van der Waals surface area (Å²) in [6, 6.07) is 0. The highest BCUT2D eigenvalue weighted by Crippen LogP contribution is 2.14. The lowest BCUT2D eigenvalue weighted by Gasteiger charge is -2.18. The first-order valence-electron chi connectivity index (χ1n) is 30.6. The maximum absolute atomic E-state index is 12.9. The van der Waals surface area contributed by atoms with Crippen molar-refractivity contribution in [3.05, 3.63) is 170 Å². The number of ether oxygens (including phenoxy) is 3. The number of esters is 3. The van der Waals surface area contributed by atoms with E-state index in [1.165, 1.54) is 51.4 Å². The normalized spacial score (nSPS) is 13.3. The lowest BCUT2D eigenvalue weighted by Crippen LogP contribution is -2.30. The van der Waals surface area contributed by atoms with Crippen LogP contribution in [-0.2, 0) is 28.6 Å². The van der Waals surface area contributed by atoms with Gasteiger partial charge < -0.3 is 14.2 Å². The number of hydrogen-bond donors (Lipinski definition) is 0. The van der Waals surface area contributed by atoms with Gasteiger partial charge in [-0.05, 0) is 128 Å². The average molecular weight is 1060 g/mol. The van der Waals surface area contributed by atoms with Crippen LogP contribution >= 0.6 is 0 Å². The summed E-state index contributed by atoms with van der Waals surface area (Å²) < 4.78 is 16.8. The second kappa shape index (κ2) is 63.3. The summed E-state index contributed by atoms with van der Waals surface area (Å²) in [7, 11) is 0. The predicted octanol–water partition coefficient (Wildman–Crippen LogP) is 21.1. The maximum atomic E-state index is 12.9. The Morgan fingerprint density at radius 1 is 0.273 bits per heavy atom. The number of carbonyl (C=O) groups is 3. The zero-order chi connectivity index (χ0) is 55.7. The molecule has 430 valence electrons. The summed E-state index contributed by atoms with van der Waals surface area (Å²) in [5, 5.41) is 0. The highest BCUT2D eigenvalue weighted by molar-refractivity contribution is 5.72. The topological polar surface area (TPSA) is 78.9 Å². The molecule has 0 heterocycles. The Kier molecular flexibility index (Phi) is 59.0. The Balaban J connectivity index is 4.50. The summed E-state index contributed by atoms with van der Waals surface area (Å²) in [6.07, 6.45) is 93.7. The molecule has 6 nitrogen and oxygen atoms in total. The van der Waals surface area contributed by atoms with Gasteiger partial charge in [-0.2, -0.15) is 0 Å². The first-order chi connectivity index (χ1) is 38.0. The molecule has 0 amide bonds. The molecule has 0 aromatic heterocycles. The van der Waals surface area contributed by atoms with Crippen molar-refractivity contribution in [1.82, 2.24) is 0 Å². The third kappa shape index (κ3) is 61.5. The van der Waals surface area contributed by atoms with Crippen LogP contribution in [0.2, 0.25) is 0 Å². The fourth-order valence-corrected chi connectivity index (χ4v) is 7.77. The van der Waals surface area contributed by atoms with Crippen molar-refractivity contribution in [2.45, 2.75) is 245 Å². The molecule has 1 atom stereocenters. The fourth-order valence-electron chi connectivity index (χ4n) is 7.77. The smallest absolute Gasteiger partial charge is 0.309 e. The quantitative estimate of drug-likeness (QED) is 0.0261. The highest BCUT2D eigenvalue weighted by atomic mass is 16.6. The van der Waals surface area contributed by atoms with Gasteiger partial charge >= 0.3 is 17.9 Å². The van der Waals surface area contributed by atoms with Crippen molar-refractivity contribution < 1.29 is 28.6 Å². The summed E-state index contributed by atoms with van der Waals surface area (Å²) in [5.41, 5.74) is 0. The van der Waals surface area contributed by atoms with Crippen molar-refractivity contribution >= 4 is 17.9 Å². The van der Waals surface area contributed by atoms with Crippen LogP contribution in [0.4, 0.5) is 0 Å². The van der Waals surface area contributed by atoms with Crippen LogP contribution in [0.15, 0.2) is 170 Å². The largest absolute Gasteiger partial charge is 0.462 e. The molecule has 0 rings (SSSR count). The molecule has 0 aliphatic heterocycles.